The van der Waals surface area contributed by atoms with Crippen molar-refractivity contribution in [2.45, 2.75) is 77.4 Å². The van der Waals surface area contributed by atoms with Gasteiger partial charge in [-0.2, -0.15) is 0 Å². The van der Waals surface area contributed by atoms with Crippen molar-refractivity contribution < 1.29 is 18.0 Å². The predicted molar refractivity (Wildman–Crippen MR) is 144 cm³/mol. The summed E-state index contributed by atoms with van der Waals surface area (Å²) in [7, 11) is -3.51. The number of nitrogens with one attached hydrogen (secondary N) is 1. The van der Waals surface area contributed by atoms with Crippen molar-refractivity contribution in [1.82, 2.24) is 10.2 Å². The molecule has 0 heterocycles. The minimum absolute atomic E-state index is 0.105. The summed E-state index contributed by atoms with van der Waals surface area (Å²) in [5, 5.41) is 3.15. The summed E-state index contributed by atoms with van der Waals surface area (Å²) in [5.74, 6) is -0.253. The Balaban J connectivity index is 1.74. The monoisotopic (exact) mass is 513 g/mol. The summed E-state index contributed by atoms with van der Waals surface area (Å²) in [6.45, 7) is 4.33. The lowest BCUT2D eigenvalue weighted by atomic mass is 10.1. The van der Waals surface area contributed by atoms with Crippen molar-refractivity contribution in [3.05, 3.63) is 65.7 Å². The number of rotatable bonds is 12. The molecule has 0 unspecified atom stereocenters. The van der Waals surface area contributed by atoms with Crippen molar-refractivity contribution in [3.63, 3.8) is 0 Å². The Morgan fingerprint density at radius 3 is 2.28 bits per heavy atom. The van der Waals surface area contributed by atoms with Gasteiger partial charge in [-0.05, 0) is 49.8 Å². The Morgan fingerprint density at radius 2 is 1.67 bits per heavy atom. The molecule has 1 aliphatic carbocycles. The van der Waals surface area contributed by atoms with Gasteiger partial charge in [0, 0.05) is 25.6 Å². The van der Waals surface area contributed by atoms with Crippen LogP contribution in [0.25, 0.3) is 0 Å². The van der Waals surface area contributed by atoms with Gasteiger partial charge in [-0.25, -0.2) is 8.42 Å². The zero-order valence-corrected chi connectivity index (χ0v) is 22.5. The molecule has 1 atom stereocenters. The molecule has 0 saturated heterocycles. The van der Waals surface area contributed by atoms with E-state index >= 15 is 0 Å². The predicted octanol–water partition coefficient (Wildman–Crippen LogP) is 4.41. The van der Waals surface area contributed by atoms with Gasteiger partial charge < -0.3 is 10.2 Å². The fourth-order valence-corrected chi connectivity index (χ4v) is 5.92. The largest absolute Gasteiger partial charge is 0.352 e. The topological polar surface area (TPSA) is 86.8 Å². The highest BCUT2D eigenvalue weighted by molar-refractivity contribution is 7.92. The van der Waals surface area contributed by atoms with Gasteiger partial charge in [0.2, 0.25) is 21.8 Å². The summed E-state index contributed by atoms with van der Waals surface area (Å²) in [5.41, 5.74) is 2.43. The highest BCUT2D eigenvalue weighted by atomic mass is 32.2. The molecular formula is C28H39N3O4S. The first-order chi connectivity index (χ1) is 17.2. The molecule has 1 fully saturated rings. The molecule has 1 aliphatic rings. The van der Waals surface area contributed by atoms with Crippen LogP contribution in [0, 0.1) is 6.92 Å². The summed E-state index contributed by atoms with van der Waals surface area (Å²) in [6.07, 6.45) is 6.39. The first-order valence-corrected chi connectivity index (χ1v) is 14.7. The maximum atomic E-state index is 13.5. The second-order valence-corrected chi connectivity index (χ2v) is 11.6. The van der Waals surface area contributed by atoms with E-state index in [-0.39, 0.29) is 30.8 Å². The number of amides is 2. The molecule has 8 heteroatoms. The van der Waals surface area contributed by atoms with E-state index in [2.05, 4.69) is 5.32 Å². The molecule has 1 N–H and O–H groups in total. The van der Waals surface area contributed by atoms with Gasteiger partial charge in [0.25, 0.3) is 0 Å². The Bertz CT molecular complexity index is 1110. The quantitative estimate of drug-likeness (QED) is 0.456. The number of para-hydroxylation sites is 1. The first-order valence-electron chi connectivity index (χ1n) is 12.9. The lowest BCUT2D eigenvalue weighted by molar-refractivity contribution is -0.141. The van der Waals surface area contributed by atoms with Gasteiger partial charge >= 0.3 is 0 Å². The van der Waals surface area contributed by atoms with Crippen LogP contribution in [0.4, 0.5) is 5.69 Å². The third kappa shape index (κ3) is 7.56. The molecule has 2 aromatic rings. The van der Waals surface area contributed by atoms with E-state index in [1.54, 1.807) is 11.0 Å². The van der Waals surface area contributed by atoms with Crippen LogP contribution >= 0.6 is 0 Å². The molecule has 0 aliphatic heterocycles. The van der Waals surface area contributed by atoms with Crippen molar-refractivity contribution in [3.8, 4) is 0 Å². The SMILES string of the molecule is CC[C@@H](C(=O)NC1CCCC1)N(Cc1ccccc1)C(=O)CCCN(c1ccccc1C)S(C)(=O)=O. The molecule has 196 valence electrons. The zero-order valence-electron chi connectivity index (χ0n) is 21.7. The van der Waals surface area contributed by atoms with E-state index in [1.807, 2.05) is 62.4 Å². The van der Waals surface area contributed by atoms with Crippen LogP contribution in [0.15, 0.2) is 54.6 Å². The van der Waals surface area contributed by atoms with Crippen LogP contribution in [0.2, 0.25) is 0 Å². The van der Waals surface area contributed by atoms with Gasteiger partial charge in [-0.15, -0.1) is 0 Å². The second-order valence-electron chi connectivity index (χ2n) is 9.65. The number of carbonyl (C=O) groups excluding carboxylic acids is 2. The minimum Gasteiger partial charge on any atom is -0.352 e. The second kappa shape index (κ2) is 12.9. The van der Waals surface area contributed by atoms with Gasteiger partial charge in [0.15, 0.2) is 0 Å². The number of benzene rings is 2. The van der Waals surface area contributed by atoms with E-state index in [0.29, 0.717) is 25.1 Å². The fourth-order valence-electron chi connectivity index (χ4n) is 4.89. The van der Waals surface area contributed by atoms with Crippen LogP contribution in [-0.2, 0) is 26.2 Å². The molecule has 0 spiro atoms. The number of hydrogen-bond acceptors (Lipinski definition) is 4. The number of nitrogens with zero attached hydrogens (tertiary/aromatic N) is 2. The fraction of sp³-hybridized carbons (Fsp3) is 0.500. The third-order valence-corrected chi connectivity index (χ3v) is 8.00. The Hall–Kier alpha value is -2.87. The number of anilines is 1. The number of carbonyl (C=O) groups is 2. The first kappa shape index (κ1) is 27.7. The highest BCUT2D eigenvalue weighted by Crippen LogP contribution is 2.23. The van der Waals surface area contributed by atoms with Crippen molar-refractivity contribution in [2.75, 3.05) is 17.1 Å². The van der Waals surface area contributed by atoms with Gasteiger partial charge in [0.1, 0.15) is 6.04 Å². The maximum absolute atomic E-state index is 13.5. The van der Waals surface area contributed by atoms with Crippen LogP contribution in [0.1, 0.15) is 63.0 Å². The summed E-state index contributed by atoms with van der Waals surface area (Å²) >= 11 is 0. The average molecular weight is 514 g/mol. The molecular weight excluding hydrogens is 474 g/mol. The van der Waals surface area contributed by atoms with Crippen LogP contribution in [0.5, 0.6) is 0 Å². The minimum atomic E-state index is -3.51. The highest BCUT2D eigenvalue weighted by Gasteiger charge is 2.30. The summed E-state index contributed by atoms with van der Waals surface area (Å²) < 4.78 is 26.4. The lowest BCUT2D eigenvalue weighted by Crippen LogP contribution is -2.51. The van der Waals surface area contributed by atoms with Crippen molar-refractivity contribution in [2.24, 2.45) is 0 Å². The van der Waals surface area contributed by atoms with E-state index in [1.165, 1.54) is 10.6 Å². The zero-order chi connectivity index (χ0) is 26.1. The van der Waals surface area contributed by atoms with Crippen molar-refractivity contribution >= 4 is 27.5 Å². The van der Waals surface area contributed by atoms with E-state index < -0.39 is 16.1 Å². The molecule has 1 saturated carbocycles. The summed E-state index contributed by atoms with van der Waals surface area (Å²) in [6, 6.07) is 16.6. The molecule has 2 amide bonds. The maximum Gasteiger partial charge on any atom is 0.243 e. The van der Waals surface area contributed by atoms with Crippen molar-refractivity contribution in [1.29, 1.82) is 0 Å². The Kier molecular flexibility index (Phi) is 9.93. The summed E-state index contributed by atoms with van der Waals surface area (Å²) in [4.78, 5) is 28.4. The molecule has 3 rings (SSSR count). The van der Waals surface area contributed by atoms with Crippen LogP contribution < -0.4 is 9.62 Å². The average Bonchev–Trinajstić information content (AvgIpc) is 3.35. The molecule has 36 heavy (non-hydrogen) atoms. The molecule has 2 aromatic carbocycles. The van der Waals surface area contributed by atoms with Gasteiger partial charge in [-0.3, -0.25) is 13.9 Å². The standard InChI is InChI=1S/C28H39N3O4S/c1-4-25(28(33)29-24-16-9-10-17-24)30(21-23-14-6-5-7-15-23)27(32)19-12-20-31(36(3,34)35)26-18-11-8-13-22(26)2/h5-8,11,13-15,18,24-25H,4,9-10,12,16-17,19-21H2,1-3H3,(H,29,33)/t25-/m0/s1. The number of aryl methyl sites for hydroxylation is 1. The molecule has 7 nitrogen and oxygen atoms in total. The van der Waals surface area contributed by atoms with E-state index in [0.717, 1.165) is 36.8 Å². The third-order valence-electron chi connectivity index (χ3n) is 6.82. The number of hydrogen-bond donors (Lipinski definition) is 1. The molecule has 0 radical (unpaired) electrons. The lowest BCUT2D eigenvalue weighted by Gasteiger charge is -2.32. The van der Waals surface area contributed by atoms with Gasteiger partial charge in [-0.1, -0.05) is 68.3 Å². The van der Waals surface area contributed by atoms with E-state index in [9.17, 15) is 18.0 Å². The van der Waals surface area contributed by atoms with Gasteiger partial charge in [0.05, 0.1) is 11.9 Å². The molecule has 0 aromatic heterocycles. The number of sulfonamides is 1. The normalized spacial score (nSPS) is 14.9. The Morgan fingerprint density at radius 1 is 1.03 bits per heavy atom. The van der Waals surface area contributed by atoms with Crippen LogP contribution in [-0.4, -0.2) is 50.0 Å². The van der Waals surface area contributed by atoms with Crippen LogP contribution in [0.3, 0.4) is 0 Å². The Labute approximate surface area is 215 Å². The smallest absolute Gasteiger partial charge is 0.243 e. The molecule has 0 bridgehead atoms. The van der Waals surface area contributed by atoms with E-state index in [4.69, 9.17) is 0 Å².